The van der Waals surface area contributed by atoms with Crippen LogP contribution in [0.4, 0.5) is 0 Å². The highest BCUT2D eigenvalue weighted by Gasteiger charge is 2.23. The van der Waals surface area contributed by atoms with Gasteiger partial charge in [-0.3, -0.25) is 0 Å². The van der Waals surface area contributed by atoms with Gasteiger partial charge in [-0.1, -0.05) is 170 Å². The lowest BCUT2D eigenvalue weighted by molar-refractivity contribution is 0.668. The zero-order valence-corrected chi connectivity index (χ0v) is 40.7. The molecule has 7 nitrogen and oxygen atoms in total. The Kier molecular flexibility index (Phi) is 9.20. The first kappa shape index (κ1) is 42.2. The number of hydrogen-bond donors (Lipinski definition) is 0. The van der Waals surface area contributed by atoms with Crippen LogP contribution in [0.5, 0.6) is 0 Å². The molecule has 0 atom stereocenters. The first-order chi connectivity index (χ1) is 37.7. The molecule has 16 rings (SSSR count). The fourth-order valence-corrected chi connectivity index (χ4v) is 11.7. The predicted molar refractivity (Wildman–Crippen MR) is 310 cm³/mol. The normalized spacial score (nSPS) is 11.9. The Morgan fingerprint density at radius 2 is 0.737 bits per heavy atom. The largest absolute Gasteiger partial charge is 0.456 e. The van der Waals surface area contributed by atoms with Crippen LogP contribution in [0.1, 0.15) is 0 Å². The molecule has 0 saturated heterocycles. The van der Waals surface area contributed by atoms with Crippen molar-refractivity contribution in [2.24, 2.45) is 0 Å². The molecule has 0 fully saturated rings. The highest BCUT2D eigenvalue weighted by molar-refractivity contribution is 6.24. The van der Waals surface area contributed by atoms with E-state index < -0.39 is 0 Å². The maximum absolute atomic E-state index is 6.64. The summed E-state index contributed by atoms with van der Waals surface area (Å²) in [5, 5.41) is 8.95. The highest BCUT2D eigenvalue weighted by Crippen LogP contribution is 2.44. The van der Waals surface area contributed by atoms with Gasteiger partial charge in [-0.25, -0.2) is 15.0 Å². The minimum absolute atomic E-state index is 0.566. The van der Waals surface area contributed by atoms with E-state index in [0.29, 0.717) is 17.5 Å². The van der Waals surface area contributed by atoms with E-state index in [1.807, 2.05) is 60.7 Å². The zero-order valence-electron chi connectivity index (χ0n) is 40.7. The van der Waals surface area contributed by atoms with Crippen molar-refractivity contribution in [3.63, 3.8) is 0 Å². The first-order valence-corrected chi connectivity index (χ1v) is 25.6. The van der Waals surface area contributed by atoms with E-state index in [4.69, 9.17) is 23.8 Å². The van der Waals surface area contributed by atoms with Crippen molar-refractivity contribution in [1.82, 2.24) is 24.1 Å². The number of furan rings is 2. The van der Waals surface area contributed by atoms with Crippen molar-refractivity contribution in [2.75, 3.05) is 0 Å². The van der Waals surface area contributed by atoms with Crippen LogP contribution in [0.15, 0.2) is 258 Å². The predicted octanol–water partition coefficient (Wildman–Crippen LogP) is 18.2. The zero-order chi connectivity index (χ0) is 49.8. The second kappa shape index (κ2) is 16.6. The van der Waals surface area contributed by atoms with Crippen LogP contribution in [-0.2, 0) is 0 Å². The quantitative estimate of drug-likeness (QED) is 0.159. The van der Waals surface area contributed by atoms with Gasteiger partial charge in [0, 0.05) is 71.2 Å². The van der Waals surface area contributed by atoms with E-state index >= 15 is 0 Å². The average molecular weight is 972 g/mol. The Morgan fingerprint density at radius 3 is 1.47 bits per heavy atom. The molecule has 0 radical (unpaired) electrons. The number of rotatable bonds is 7. The van der Waals surface area contributed by atoms with Crippen LogP contribution in [0.3, 0.4) is 0 Å². The SMILES string of the molecule is c1ccc(-c2nc(-c3ccc(-c4ccc5c(c4)oc4ccccc45)cc3)nc(-c3cccc4oc5ccc(-c6ccc7c(c6)c6ccc8c9ccccc9n(-c9ccccc9)c8c6n7-c6ccccc6)cc5c34)n2)cc1. The molecular weight excluding hydrogens is 931 g/mol. The van der Waals surface area contributed by atoms with E-state index in [-0.39, 0.29) is 0 Å². The van der Waals surface area contributed by atoms with Crippen LogP contribution in [0, 0.1) is 0 Å². The summed E-state index contributed by atoms with van der Waals surface area (Å²) in [4.78, 5) is 15.6. The Morgan fingerprint density at radius 1 is 0.263 bits per heavy atom. The topological polar surface area (TPSA) is 74.8 Å². The molecule has 0 aliphatic rings. The van der Waals surface area contributed by atoms with Crippen LogP contribution >= 0.6 is 0 Å². The van der Waals surface area contributed by atoms with Gasteiger partial charge in [-0.15, -0.1) is 0 Å². The van der Waals surface area contributed by atoms with Crippen molar-refractivity contribution < 1.29 is 8.83 Å². The molecule has 0 bridgehead atoms. The maximum atomic E-state index is 6.64. The monoisotopic (exact) mass is 971 g/mol. The minimum atomic E-state index is 0.566. The van der Waals surface area contributed by atoms with Gasteiger partial charge in [0.15, 0.2) is 17.5 Å². The first-order valence-electron chi connectivity index (χ1n) is 25.6. The number of benzene rings is 11. The van der Waals surface area contributed by atoms with E-state index in [2.05, 4.69) is 197 Å². The third-order valence-electron chi connectivity index (χ3n) is 15.2. The Labute approximate surface area is 434 Å². The van der Waals surface area contributed by atoms with Crippen LogP contribution in [0.2, 0.25) is 0 Å². The lowest BCUT2D eigenvalue weighted by Gasteiger charge is -2.12. The smallest absolute Gasteiger partial charge is 0.164 e. The summed E-state index contributed by atoms with van der Waals surface area (Å²) in [5.41, 5.74) is 17.2. The number of nitrogens with zero attached hydrogens (tertiary/aromatic N) is 5. The number of para-hydroxylation sites is 4. The van der Waals surface area contributed by atoms with Gasteiger partial charge in [-0.2, -0.15) is 0 Å². The third kappa shape index (κ3) is 6.52. The molecule has 7 heteroatoms. The lowest BCUT2D eigenvalue weighted by Crippen LogP contribution is -2.00. The van der Waals surface area contributed by atoms with Crippen molar-refractivity contribution in [3.8, 4) is 67.8 Å². The molecule has 0 amide bonds. The number of aromatic nitrogens is 5. The van der Waals surface area contributed by atoms with Gasteiger partial charge in [0.25, 0.3) is 0 Å². The summed E-state index contributed by atoms with van der Waals surface area (Å²) in [6.45, 7) is 0. The molecule has 5 heterocycles. The van der Waals surface area contributed by atoms with Crippen LogP contribution < -0.4 is 0 Å². The fraction of sp³-hybridized carbons (Fsp3) is 0. The number of hydrogen-bond acceptors (Lipinski definition) is 5. The van der Waals surface area contributed by atoms with Gasteiger partial charge in [0.05, 0.1) is 22.1 Å². The summed E-state index contributed by atoms with van der Waals surface area (Å²) in [6, 6.07) is 87.5. The fourth-order valence-electron chi connectivity index (χ4n) is 11.7. The molecule has 0 aliphatic carbocycles. The average Bonchev–Trinajstić information content (AvgIpc) is 4.38. The molecular formula is C69H41N5O2. The van der Waals surface area contributed by atoms with Gasteiger partial charge < -0.3 is 18.0 Å². The second-order valence-corrected chi connectivity index (χ2v) is 19.5. The Balaban J connectivity index is 0.844. The van der Waals surface area contributed by atoms with Crippen LogP contribution in [0.25, 0.3) is 155 Å². The van der Waals surface area contributed by atoms with E-state index in [1.165, 1.54) is 38.1 Å². The van der Waals surface area contributed by atoms with Gasteiger partial charge in [0.2, 0.25) is 0 Å². The van der Waals surface area contributed by atoms with Gasteiger partial charge in [-0.05, 0) is 101 Å². The number of fused-ring (bicyclic) bond motifs is 13. The highest BCUT2D eigenvalue weighted by atomic mass is 16.3. The molecule has 11 aromatic carbocycles. The summed E-state index contributed by atoms with van der Waals surface area (Å²) in [7, 11) is 0. The van der Waals surface area contributed by atoms with E-state index in [0.717, 1.165) is 99.7 Å². The molecule has 0 N–H and O–H groups in total. The molecule has 0 aliphatic heterocycles. The van der Waals surface area contributed by atoms with Crippen molar-refractivity contribution >= 4 is 87.5 Å². The molecule has 0 saturated carbocycles. The Hall–Kier alpha value is -10.4. The molecule has 16 aromatic rings. The molecule has 0 unspecified atom stereocenters. The van der Waals surface area contributed by atoms with Crippen molar-refractivity contribution in [1.29, 1.82) is 0 Å². The van der Waals surface area contributed by atoms with Crippen LogP contribution in [-0.4, -0.2) is 24.1 Å². The summed E-state index contributed by atoms with van der Waals surface area (Å²) in [5.74, 6) is 1.74. The molecule has 0 spiro atoms. The summed E-state index contributed by atoms with van der Waals surface area (Å²) < 4.78 is 17.8. The second-order valence-electron chi connectivity index (χ2n) is 19.5. The van der Waals surface area contributed by atoms with Gasteiger partial charge in [0.1, 0.15) is 22.3 Å². The van der Waals surface area contributed by atoms with Gasteiger partial charge >= 0.3 is 0 Å². The van der Waals surface area contributed by atoms with Crippen molar-refractivity contribution in [2.45, 2.75) is 0 Å². The summed E-state index contributed by atoms with van der Waals surface area (Å²) >= 11 is 0. The van der Waals surface area contributed by atoms with E-state index in [1.54, 1.807) is 0 Å². The third-order valence-corrected chi connectivity index (χ3v) is 15.2. The summed E-state index contributed by atoms with van der Waals surface area (Å²) in [6.07, 6.45) is 0. The van der Waals surface area contributed by atoms with E-state index in [9.17, 15) is 0 Å². The molecule has 76 heavy (non-hydrogen) atoms. The Bertz CT molecular complexity index is 4970. The standard InChI is InChI=1S/C69H41N5O2/c1-4-15-43(16-5-1)67-70-68(44-29-27-42(28-30-44)47-31-34-52-51-22-11-13-25-60(51)76-63(52)41-47)72-69(71-67)55-23-14-26-62-64(55)57-40-46(33-38-61(57)75-62)45-32-37-59-56(39-45)54-36-35-53-50-21-10-12-24-58(50)73(48-17-6-2-7-18-48)65(53)66(54)74(59)49-19-8-3-9-20-49/h1-41H. The molecule has 5 aromatic heterocycles. The van der Waals surface area contributed by atoms with Crippen molar-refractivity contribution in [3.05, 3.63) is 249 Å². The molecule has 354 valence electrons. The minimum Gasteiger partial charge on any atom is -0.456 e. The maximum Gasteiger partial charge on any atom is 0.164 e. The lowest BCUT2D eigenvalue weighted by atomic mass is 9.99.